The molecule has 154 valence electrons. The third kappa shape index (κ3) is 7.16. The van der Waals surface area contributed by atoms with Gasteiger partial charge in [0, 0.05) is 0 Å². The lowest BCUT2D eigenvalue weighted by Crippen LogP contribution is -2.30. The van der Waals surface area contributed by atoms with Crippen LogP contribution in [0.1, 0.15) is 121 Å². The average Bonchev–Trinajstić information content (AvgIpc) is 2.68. The van der Waals surface area contributed by atoms with E-state index in [9.17, 15) is 0 Å². The van der Waals surface area contributed by atoms with E-state index in [1.165, 1.54) is 102 Å². The summed E-state index contributed by atoms with van der Waals surface area (Å²) in [6.45, 7) is 7.76. The summed E-state index contributed by atoms with van der Waals surface area (Å²) >= 11 is 0. The second kappa shape index (κ2) is 12.5. The molecule has 1 aromatic carbocycles. The number of ether oxygens (including phenoxy) is 1. The molecule has 0 atom stereocenters. The summed E-state index contributed by atoms with van der Waals surface area (Å²) < 4.78 is 6.07. The van der Waals surface area contributed by atoms with Crippen LogP contribution in [-0.2, 0) is 5.41 Å². The van der Waals surface area contributed by atoms with Gasteiger partial charge in [-0.05, 0) is 61.3 Å². The second-order valence-corrected chi connectivity index (χ2v) is 8.89. The molecular formula is C26H44O. The fourth-order valence-corrected chi connectivity index (χ4v) is 4.99. The minimum absolute atomic E-state index is 0.440. The Kier molecular flexibility index (Phi) is 10.3. The van der Waals surface area contributed by atoms with Crippen molar-refractivity contribution in [2.45, 2.75) is 122 Å². The molecule has 0 saturated heterocycles. The summed E-state index contributed by atoms with van der Waals surface area (Å²) in [5.74, 6) is 1.07. The summed E-state index contributed by atoms with van der Waals surface area (Å²) in [5, 5.41) is 0. The first-order valence-corrected chi connectivity index (χ1v) is 12.0. The molecule has 1 fully saturated rings. The van der Waals surface area contributed by atoms with E-state index in [-0.39, 0.29) is 0 Å². The smallest absolute Gasteiger partial charge is 0.119 e. The minimum atomic E-state index is 0.440. The van der Waals surface area contributed by atoms with Crippen LogP contribution in [0, 0.1) is 6.92 Å². The van der Waals surface area contributed by atoms with Crippen molar-refractivity contribution < 1.29 is 4.74 Å². The van der Waals surface area contributed by atoms with Crippen LogP contribution in [-0.4, -0.2) is 6.61 Å². The second-order valence-electron chi connectivity index (χ2n) is 8.89. The van der Waals surface area contributed by atoms with Crippen LogP contribution in [0.4, 0.5) is 0 Å². The van der Waals surface area contributed by atoms with E-state index in [0.717, 1.165) is 12.4 Å². The lowest BCUT2D eigenvalue weighted by Gasteiger charge is -2.39. The van der Waals surface area contributed by atoms with Crippen molar-refractivity contribution in [2.24, 2.45) is 0 Å². The highest BCUT2D eigenvalue weighted by Crippen LogP contribution is 2.45. The third-order valence-corrected chi connectivity index (χ3v) is 6.61. The monoisotopic (exact) mass is 372 g/mol. The van der Waals surface area contributed by atoms with Crippen molar-refractivity contribution >= 4 is 0 Å². The molecule has 0 amide bonds. The van der Waals surface area contributed by atoms with Crippen LogP contribution in [0.25, 0.3) is 0 Å². The van der Waals surface area contributed by atoms with Crippen LogP contribution in [0.2, 0.25) is 0 Å². The number of rotatable bonds is 13. The topological polar surface area (TPSA) is 9.23 Å². The van der Waals surface area contributed by atoms with E-state index in [2.05, 4.69) is 39.0 Å². The highest BCUT2D eigenvalue weighted by molar-refractivity contribution is 5.40. The van der Waals surface area contributed by atoms with Gasteiger partial charge in [0.1, 0.15) is 5.75 Å². The van der Waals surface area contributed by atoms with Crippen molar-refractivity contribution in [3.8, 4) is 5.75 Å². The molecule has 0 aliphatic heterocycles. The van der Waals surface area contributed by atoms with Gasteiger partial charge in [-0.1, -0.05) is 90.5 Å². The van der Waals surface area contributed by atoms with Gasteiger partial charge in [0.05, 0.1) is 6.61 Å². The molecule has 1 nitrogen and oxygen atoms in total. The maximum Gasteiger partial charge on any atom is 0.119 e. The van der Waals surface area contributed by atoms with Crippen LogP contribution in [0.5, 0.6) is 5.75 Å². The van der Waals surface area contributed by atoms with Gasteiger partial charge in [-0.2, -0.15) is 0 Å². The zero-order valence-corrected chi connectivity index (χ0v) is 18.5. The van der Waals surface area contributed by atoms with Gasteiger partial charge >= 0.3 is 0 Å². The Hall–Kier alpha value is -0.980. The number of hydrogen-bond acceptors (Lipinski definition) is 1. The van der Waals surface area contributed by atoms with Gasteiger partial charge in [0.25, 0.3) is 0 Å². The van der Waals surface area contributed by atoms with Gasteiger partial charge in [0.15, 0.2) is 0 Å². The molecule has 27 heavy (non-hydrogen) atoms. The van der Waals surface area contributed by atoms with E-state index >= 15 is 0 Å². The third-order valence-electron chi connectivity index (χ3n) is 6.61. The Morgan fingerprint density at radius 3 is 2.19 bits per heavy atom. The molecule has 1 aliphatic rings. The molecule has 0 bridgehead atoms. The zero-order chi connectivity index (χ0) is 19.4. The fourth-order valence-electron chi connectivity index (χ4n) is 4.99. The summed E-state index contributed by atoms with van der Waals surface area (Å²) in [6.07, 6.45) is 20.4. The normalized spacial score (nSPS) is 16.4. The molecule has 1 heteroatoms. The summed E-state index contributed by atoms with van der Waals surface area (Å²) in [4.78, 5) is 0. The lowest BCUT2D eigenvalue weighted by atomic mass is 9.65. The van der Waals surface area contributed by atoms with Crippen molar-refractivity contribution in [1.29, 1.82) is 0 Å². The highest BCUT2D eigenvalue weighted by atomic mass is 16.5. The Morgan fingerprint density at radius 1 is 0.815 bits per heavy atom. The van der Waals surface area contributed by atoms with Gasteiger partial charge in [0.2, 0.25) is 0 Å². The number of hydrogen-bond donors (Lipinski definition) is 0. The molecule has 0 radical (unpaired) electrons. The molecule has 2 rings (SSSR count). The van der Waals surface area contributed by atoms with E-state index in [0.29, 0.717) is 5.41 Å². The van der Waals surface area contributed by atoms with Gasteiger partial charge in [-0.15, -0.1) is 0 Å². The molecular weight excluding hydrogens is 328 g/mol. The van der Waals surface area contributed by atoms with Crippen molar-refractivity contribution in [3.63, 3.8) is 0 Å². The number of unbranched alkanes of at least 4 members (excludes halogenated alkanes) is 7. The zero-order valence-electron chi connectivity index (χ0n) is 18.5. The fraction of sp³-hybridized carbons (Fsp3) is 0.769. The van der Waals surface area contributed by atoms with Crippen molar-refractivity contribution in [3.05, 3.63) is 29.3 Å². The van der Waals surface area contributed by atoms with Crippen LogP contribution in [0.15, 0.2) is 18.2 Å². The Bertz CT molecular complexity index is 513. The van der Waals surface area contributed by atoms with Crippen molar-refractivity contribution in [2.75, 3.05) is 6.61 Å². The first-order chi connectivity index (χ1) is 13.2. The molecule has 0 unspecified atom stereocenters. The summed E-state index contributed by atoms with van der Waals surface area (Å²) in [5.41, 5.74) is 3.51. The van der Waals surface area contributed by atoms with Gasteiger partial charge in [-0.3, -0.25) is 0 Å². The van der Waals surface area contributed by atoms with Gasteiger partial charge < -0.3 is 4.74 Å². The molecule has 1 aromatic rings. The van der Waals surface area contributed by atoms with Crippen LogP contribution in [0.3, 0.4) is 0 Å². The molecule has 1 saturated carbocycles. The first-order valence-electron chi connectivity index (χ1n) is 12.0. The minimum Gasteiger partial charge on any atom is -0.494 e. The first kappa shape index (κ1) is 22.3. The summed E-state index contributed by atoms with van der Waals surface area (Å²) in [7, 11) is 0. The number of aryl methyl sites for hydroxylation is 1. The Balaban J connectivity index is 1.91. The van der Waals surface area contributed by atoms with E-state index in [1.54, 1.807) is 5.56 Å². The Morgan fingerprint density at radius 2 is 1.48 bits per heavy atom. The van der Waals surface area contributed by atoms with Crippen molar-refractivity contribution in [1.82, 2.24) is 0 Å². The average molecular weight is 373 g/mol. The predicted octanol–water partition coefficient (Wildman–Crippen LogP) is 8.52. The quantitative estimate of drug-likeness (QED) is 0.315. The molecule has 0 N–H and O–H groups in total. The molecule has 1 aliphatic carbocycles. The Labute approximate surface area is 169 Å². The summed E-state index contributed by atoms with van der Waals surface area (Å²) in [6, 6.07) is 6.96. The van der Waals surface area contributed by atoms with Crippen LogP contribution < -0.4 is 4.74 Å². The SMILES string of the molecule is CCCCCCCCOc1ccc(C2(CCCCC)CCCCC2)c(C)c1. The lowest BCUT2D eigenvalue weighted by molar-refractivity contribution is 0.264. The standard InChI is InChI=1S/C26H44O/c1-4-6-8-9-10-15-21-27-24-16-17-25(23(3)22-24)26(18-12-7-5-2)19-13-11-14-20-26/h16-17,22H,4-15,18-21H2,1-3H3. The maximum absolute atomic E-state index is 6.07. The largest absolute Gasteiger partial charge is 0.494 e. The molecule has 0 spiro atoms. The van der Waals surface area contributed by atoms with Crippen LogP contribution >= 0.6 is 0 Å². The van der Waals surface area contributed by atoms with E-state index < -0.39 is 0 Å². The van der Waals surface area contributed by atoms with Gasteiger partial charge in [-0.25, -0.2) is 0 Å². The molecule has 0 aromatic heterocycles. The van der Waals surface area contributed by atoms with E-state index in [4.69, 9.17) is 4.74 Å². The predicted molar refractivity (Wildman–Crippen MR) is 119 cm³/mol. The number of benzene rings is 1. The highest BCUT2D eigenvalue weighted by Gasteiger charge is 2.34. The molecule has 0 heterocycles. The van der Waals surface area contributed by atoms with E-state index in [1.807, 2.05) is 0 Å². The maximum atomic E-state index is 6.07.